The number of nitrogens with zero attached hydrogens (tertiary/aromatic N) is 4. The number of aromatic nitrogens is 4. The topological polar surface area (TPSA) is 82.8 Å². The van der Waals surface area contributed by atoms with Crippen molar-refractivity contribution in [1.29, 1.82) is 0 Å². The summed E-state index contributed by atoms with van der Waals surface area (Å²) in [4.78, 5) is 4.06. The molecule has 2 aromatic heterocycles. The molecule has 0 amide bonds. The van der Waals surface area contributed by atoms with Gasteiger partial charge in [-0.2, -0.15) is 0 Å². The molecule has 0 aromatic carbocycles. The molecule has 0 aliphatic heterocycles. The Hall–Kier alpha value is -1.69. The van der Waals surface area contributed by atoms with Gasteiger partial charge in [-0.15, -0.1) is 5.10 Å². The maximum absolute atomic E-state index is 5.42. The van der Waals surface area contributed by atoms with Gasteiger partial charge in [0.15, 0.2) is 6.39 Å². The van der Waals surface area contributed by atoms with Crippen LogP contribution < -0.4 is 5.73 Å². The van der Waals surface area contributed by atoms with Crippen molar-refractivity contribution < 1.29 is 4.42 Å². The minimum absolute atomic E-state index is 0.401. The van der Waals surface area contributed by atoms with Crippen LogP contribution in [0, 0.1) is 6.92 Å². The number of oxazole rings is 1. The highest BCUT2D eigenvalue weighted by atomic mass is 16.3. The number of hydrogen-bond donors (Lipinski definition) is 1. The third-order valence-electron chi connectivity index (χ3n) is 1.95. The highest BCUT2D eigenvalue weighted by Crippen LogP contribution is 2.06. The van der Waals surface area contributed by atoms with E-state index in [4.69, 9.17) is 10.2 Å². The minimum atomic E-state index is 0.401. The minimum Gasteiger partial charge on any atom is -0.448 e. The number of nitrogens with two attached hydrogens (primary N) is 1. The largest absolute Gasteiger partial charge is 0.448 e. The van der Waals surface area contributed by atoms with Gasteiger partial charge in [0, 0.05) is 6.54 Å². The van der Waals surface area contributed by atoms with Crippen LogP contribution in [0.4, 0.5) is 0 Å². The lowest BCUT2D eigenvalue weighted by atomic mass is 10.3. The van der Waals surface area contributed by atoms with Crippen molar-refractivity contribution in [3.8, 4) is 0 Å². The molecule has 0 saturated heterocycles. The lowest BCUT2D eigenvalue weighted by Gasteiger charge is -1.95. The smallest absolute Gasteiger partial charge is 0.181 e. The Balaban J connectivity index is 2.15. The van der Waals surface area contributed by atoms with Crippen molar-refractivity contribution in [2.75, 3.05) is 0 Å². The Bertz CT molecular complexity index is 419. The van der Waals surface area contributed by atoms with Crippen molar-refractivity contribution in [3.05, 3.63) is 29.7 Å². The van der Waals surface area contributed by atoms with Crippen LogP contribution in [-0.2, 0) is 13.1 Å². The predicted molar refractivity (Wildman–Crippen MR) is 48.3 cm³/mol. The molecule has 0 unspecified atom stereocenters. The molecule has 74 valence electrons. The van der Waals surface area contributed by atoms with Crippen LogP contribution in [0.25, 0.3) is 0 Å². The predicted octanol–water partition coefficient (Wildman–Crippen LogP) is 0.0815. The van der Waals surface area contributed by atoms with E-state index in [0.717, 1.165) is 17.1 Å². The van der Waals surface area contributed by atoms with E-state index in [1.165, 1.54) is 6.39 Å². The Labute approximate surface area is 80.7 Å². The summed E-state index contributed by atoms with van der Waals surface area (Å²) in [6.45, 7) is 2.83. The van der Waals surface area contributed by atoms with Gasteiger partial charge in [0.1, 0.15) is 11.5 Å². The molecule has 0 spiro atoms. The van der Waals surface area contributed by atoms with Gasteiger partial charge in [0.2, 0.25) is 0 Å². The summed E-state index contributed by atoms with van der Waals surface area (Å²) in [5.74, 6) is 0.801. The number of rotatable bonds is 3. The molecule has 6 heteroatoms. The summed E-state index contributed by atoms with van der Waals surface area (Å²) in [5, 5.41) is 7.78. The first-order valence-electron chi connectivity index (χ1n) is 4.27. The summed E-state index contributed by atoms with van der Waals surface area (Å²) >= 11 is 0. The summed E-state index contributed by atoms with van der Waals surface area (Å²) in [5.41, 5.74) is 7.05. The monoisotopic (exact) mass is 193 g/mol. The van der Waals surface area contributed by atoms with Crippen LogP contribution >= 0.6 is 0 Å². The number of hydrogen-bond acceptors (Lipinski definition) is 5. The molecule has 2 rings (SSSR count). The van der Waals surface area contributed by atoms with Crippen molar-refractivity contribution in [2.24, 2.45) is 5.73 Å². The SMILES string of the molecule is Cc1ocnc1Cn1cc(CN)nn1. The van der Waals surface area contributed by atoms with Gasteiger partial charge < -0.3 is 10.2 Å². The first kappa shape index (κ1) is 8.89. The quantitative estimate of drug-likeness (QED) is 0.746. The fraction of sp³-hybridized carbons (Fsp3) is 0.375. The molecule has 6 nitrogen and oxygen atoms in total. The van der Waals surface area contributed by atoms with Crippen LogP contribution in [0.2, 0.25) is 0 Å². The molecular formula is C8H11N5O. The molecule has 0 bridgehead atoms. The van der Waals surface area contributed by atoms with Crippen LogP contribution in [0.1, 0.15) is 17.1 Å². The van der Waals surface area contributed by atoms with Crippen molar-refractivity contribution in [2.45, 2.75) is 20.0 Å². The standard InChI is InChI=1S/C8H11N5O/c1-6-8(10-5-14-6)4-13-3-7(2-9)11-12-13/h3,5H,2,4,9H2,1H3. The second-order valence-corrected chi connectivity index (χ2v) is 2.97. The first-order valence-corrected chi connectivity index (χ1v) is 4.27. The Morgan fingerprint density at radius 3 is 3.00 bits per heavy atom. The van der Waals surface area contributed by atoms with Crippen LogP contribution in [0.15, 0.2) is 17.0 Å². The maximum atomic E-state index is 5.42. The molecule has 0 aliphatic rings. The molecule has 0 radical (unpaired) electrons. The highest BCUT2D eigenvalue weighted by molar-refractivity contribution is 5.05. The Kier molecular flexibility index (Phi) is 2.28. The second kappa shape index (κ2) is 3.59. The molecule has 0 atom stereocenters. The Morgan fingerprint density at radius 1 is 1.57 bits per heavy atom. The lowest BCUT2D eigenvalue weighted by molar-refractivity contribution is 0.521. The van der Waals surface area contributed by atoms with Gasteiger partial charge in [-0.3, -0.25) is 0 Å². The van der Waals surface area contributed by atoms with Crippen LogP contribution in [-0.4, -0.2) is 20.0 Å². The molecule has 0 aliphatic carbocycles. The van der Waals surface area contributed by atoms with E-state index in [1.54, 1.807) is 10.9 Å². The molecule has 2 heterocycles. The fourth-order valence-electron chi connectivity index (χ4n) is 1.14. The molecule has 2 aromatic rings. The second-order valence-electron chi connectivity index (χ2n) is 2.97. The zero-order chi connectivity index (χ0) is 9.97. The molecule has 0 saturated carbocycles. The van der Waals surface area contributed by atoms with Gasteiger partial charge in [-0.05, 0) is 6.92 Å². The summed E-state index contributed by atoms with van der Waals surface area (Å²) in [7, 11) is 0. The van der Waals surface area contributed by atoms with Gasteiger partial charge in [-0.1, -0.05) is 5.21 Å². The van der Waals surface area contributed by atoms with Crippen LogP contribution in [0.3, 0.4) is 0 Å². The van der Waals surface area contributed by atoms with E-state index < -0.39 is 0 Å². The molecular weight excluding hydrogens is 182 g/mol. The fourth-order valence-corrected chi connectivity index (χ4v) is 1.14. The van der Waals surface area contributed by atoms with E-state index in [0.29, 0.717) is 13.1 Å². The van der Waals surface area contributed by atoms with E-state index >= 15 is 0 Å². The molecule has 14 heavy (non-hydrogen) atoms. The zero-order valence-corrected chi connectivity index (χ0v) is 7.84. The summed E-state index contributed by atoms with van der Waals surface area (Å²) in [6, 6.07) is 0. The average molecular weight is 193 g/mol. The third-order valence-corrected chi connectivity index (χ3v) is 1.95. The van der Waals surface area contributed by atoms with E-state index in [2.05, 4.69) is 15.3 Å². The molecule has 0 fully saturated rings. The Morgan fingerprint density at radius 2 is 2.43 bits per heavy atom. The van der Waals surface area contributed by atoms with Gasteiger partial charge >= 0.3 is 0 Å². The first-order chi connectivity index (χ1) is 6.79. The lowest BCUT2D eigenvalue weighted by Crippen LogP contribution is -2.02. The van der Waals surface area contributed by atoms with Gasteiger partial charge in [-0.25, -0.2) is 9.67 Å². The summed E-state index contributed by atoms with van der Waals surface area (Å²) in [6.07, 6.45) is 3.22. The highest BCUT2D eigenvalue weighted by Gasteiger charge is 2.05. The van der Waals surface area contributed by atoms with Gasteiger partial charge in [0.25, 0.3) is 0 Å². The van der Waals surface area contributed by atoms with Gasteiger partial charge in [0.05, 0.1) is 18.4 Å². The van der Waals surface area contributed by atoms with Crippen LogP contribution in [0.5, 0.6) is 0 Å². The van der Waals surface area contributed by atoms with E-state index in [9.17, 15) is 0 Å². The molecule has 2 N–H and O–H groups in total. The zero-order valence-electron chi connectivity index (χ0n) is 7.84. The average Bonchev–Trinajstić information content (AvgIpc) is 2.77. The number of aryl methyl sites for hydroxylation is 1. The van der Waals surface area contributed by atoms with Crippen molar-refractivity contribution in [1.82, 2.24) is 20.0 Å². The van der Waals surface area contributed by atoms with E-state index in [1.807, 2.05) is 6.92 Å². The van der Waals surface area contributed by atoms with E-state index in [-0.39, 0.29) is 0 Å². The van der Waals surface area contributed by atoms with Crippen molar-refractivity contribution >= 4 is 0 Å². The maximum Gasteiger partial charge on any atom is 0.181 e. The van der Waals surface area contributed by atoms with Crippen molar-refractivity contribution in [3.63, 3.8) is 0 Å². The summed E-state index contributed by atoms with van der Waals surface area (Å²) < 4.78 is 6.76. The third kappa shape index (κ3) is 1.64. The normalized spacial score (nSPS) is 10.7.